The molecule has 0 bridgehead atoms. The first-order chi connectivity index (χ1) is 13.4. The van der Waals surface area contributed by atoms with Crippen LogP contribution in [-0.2, 0) is 9.59 Å². The van der Waals surface area contributed by atoms with Crippen LogP contribution in [0.5, 0.6) is 0 Å². The molecule has 0 aliphatic carbocycles. The quantitative estimate of drug-likeness (QED) is 0.695. The number of aryl methyl sites for hydroxylation is 2. The normalized spacial score (nSPS) is 18.4. The van der Waals surface area contributed by atoms with Crippen molar-refractivity contribution in [3.05, 3.63) is 58.1 Å². The minimum absolute atomic E-state index is 0.0835. The lowest BCUT2D eigenvalue weighted by Crippen LogP contribution is -2.45. The topological polar surface area (TPSA) is 61.8 Å². The van der Waals surface area contributed by atoms with Gasteiger partial charge >= 0.3 is 0 Å². The lowest BCUT2D eigenvalue weighted by molar-refractivity contribution is -0.129. The number of halogens is 1. The van der Waals surface area contributed by atoms with E-state index < -0.39 is 5.25 Å². The minimum atomic E-state index is -0.510. The maximum absolute atomic E-state index is 12.7. The molecule has 0 saturated carbocycles. The number of carbonyl (C=O) groups excluding carboxylic acids is 2. The summed E-state index contributed by atoms with van der Waals surface area (Å²) in [5, 5.41) is 2.94. The minimum Gasteiger partial charge on any atom is -0.325 e. The van der Waals surface area contributed by atoms with Gasteiger partial charge in [0.2, 0.25) is 11.8 Å². The van der Waals surface area contributed by atoms with Gasteiger partial charge in [0.05, 0.1) is 5.69 Å². The van der Waals surface area contributed by atoms with E-state index in [1.807, 2.05) is 63.2 Å². The van der Waals surface area contributed by atoms with Gasteiger partial charge in [-0.3, -0.25) is 14.5 Å². The average Bonchev–Trinajstić information content (AvgIpc) is 2.66. The number of hydrogen-bond donors (Lipinski definition) is 1. The number of amides is 2. The smallest absolute Gasteiger partial charge is 0.238 e. The Morgan fingerprint density at radius 3 is 2.57 bits per heavy atom. The second-order valence-corrected chi connectivity index (χ2v) is 8.69. The first-order valence-electron chi connectivity index (χ1n) is 9.06. The number of benzene rings is 2. The van der Waals surface area contributed by atoms with Crippen LogP contribution in [0.25, 0.3) is 0 Å². The summed E-state index contributed by atoms with van der Waals surface area (Å²) in [4.78, 5) is 31.6. The van der Waals surface area contributed by atoms with Crippen LogP contribution in [0.1, 0.15) is 24.5 Å². The molecule has 3 rings (SSSR count). The Hall–Kier alpha value is -2.12. The summed E-state index contributed by atoms with van der Waals surface area (Å²) < 4.78 is 0.939. The van der Waals surface area contributed by atoms with Crippen molar-refractivity contribution >= 4 is 56.0 Å². The zero-order chi connectivity index (χ0) is 20.3. The van der Waals surface area contributed by atoms with E-state index in [9.17, 15) is 9.59 Å². The molecule has 1 N–H and O–H groups in total. The van der Waals surface area contributed by atoms with Crippen molar-refractivity contribution in [3.63, 3.8) is 0 Å². The fourth-order valence-corrected chi connectivity index (χ4v) is 4.24. The van der Waals surface area contributed by atoms with Crippen LogP contribution < -0.4 is 5.32 Å². The van der Waals surface area contributed by atoms with Gasteiger partial charge in [-0.1, -0.05) is 33.8 Å². The first kappa shape index (κ1) is 20.6. The predicted molar refractivity (Wildman–Crippen MR) is 119 cm³/mol. The van der Waals surface area contributed by atoms with Gasteiger partial charge in [0.1, 0.15) is 5.25 Å². The molecule has 146 valence electrons. The molecule has 1 aliphatic heterocycles. The molecule has 1 fully saturated rings. The molecule has 0 radical (unpaired) electrons. The highest BCUT2D eigenvalue weighted by Gasteiger charge is 2.35. The lowest BCUT2D eigenvalue weighted by atomic mass is 10.1. The summed E-state index contributed by atoms with van der Waals surface area (Å²) in [6, 6.07) is 13.3. The Morgan fingerprint density at radius 2 is 1.93 bits per heavy atom. The molecule has 28 heavy (non-hydrogen) atoms. The van der Waals surface area contributed by atoms with Gasteiger partial charge in [-0.05, 0) is 68.3 Å². The zero-order valence-corrected chi connectivity index (χ0v) is 18.4. The highest BCUT2D eigenvalue weighted by Crippen LogP contribution is 2.30. The highest BCUT2D eigenvalue weighted by atomic mass is 79.9. The fourth-order valence-electron chi connectivity index (χ4n) is 2.81. The van der Waals surface area contributed by atoms with E-state index in [1.165, 1.54) is 17.3 Å². The van der Waals surface area contributed by atoms with Gasteiger partial charge in [0.25, 0.3) is 0 Å². The van der Waals surface area contributed by atoms with Gasteiger partial charge < -0.3 is 5.32 Å². The standard InChI is InChI=1S/C21H22BrN3O2S/c1-4-25-19(26)12-18(20(27)23-16-9-6-15(22)7-10-16)28-21(25)24-17-8-5-13(2)14(3)11-17/h5-11,18H,4,12H2,1-3H3,(H,23,27)/t18-/m1/s1. The molecule has 5 nitrogen and oxygen atoms in total. The van der Waals surface area contributed by atoms with Crippen molar-refractivity contribution in [1.82, 2.24) is 4.90 Å². The third kappa shape index (κ3) is 4.83. The van der Waals surface area contributed by atoms with Gasteiger partial charge in [0, 0.05) is 23.1 Å². The Bertz CT molecular complexity index is 928. The van der Waals surface area contributed by atoms with Gasteiger partial charge in [-0.2, -0.15) is 0 Å². The molecular formula is C21H22BrN3O2S. The van der Waals surface area contributed by atoms with Crippen molar-refractivity contribution in [2.45, 2.75) is 32.4 Å². The highest BCUT2D eigenvalue weighted by molar-refractivity contribution is 9.10. The summed E-state index contributed by atoms with van der Waals surface area (Å²) in [5.74, 6) is -0.274. The number of hydrogen-bond acceptors (Lipinski definition) is 4. The van der Waals surface area contributed by atoms with E-state index >= 15 is 0 Å². The number of amidine groups is 1. The van der Waals surface area contributed by atoms with E-state index in [0.29, 0.717) is 17.4 Å². The Morgan fingerprint density at radius 1 is 1.21 bits per heavy atom. The SMILES string of the molecule is CCN1C(=O)C[C@H](C(=O)Nc2ccc(Br)cc2)SC1=Nc1ccc(C)c(C)c1. The van der Waals surface area contributed by atoms with Crippen molar-refractivity contribution in [1.29, 1.82) is 0 Å². The molecule has 2 aromatic rings. The number of thioether (sulfide) groups is 1. The van der Waals surface area contributed by atoms with Crippen molar-refractivity contribution in [2.75, 3.05) is 11.9 Å². The first-order valence-corrected chi connectivity index (χ1v) is 10.7. The van der Waals surface area contributed by atoms with Gasteiger partial charge in [0.15, 0.2) is 5.17 Å². The van der Waals surface area contributed by atoms with Crippen LogP contribution in [0.4, 0.5) is 11.4 Å². The molecule has 2 amide bonds. The van der Waals surface area contributed by atoms with E-state index in [4.69, 9.17) is 0 Å². The van der Waals surface area contributed by atoms with E-state index in [-0.39, 0.29) is 18.2 Å². The van der Waals surface area contributed by atoms with Gasteiger partial charge in [-0.25, -0.2) is 4.99 Å². The average molecular weight is 460 g/mol. The van der Waals surface area contributed by atoms with Gasteiger partial charge in [-0.15, -0.1) is 0 Å². The number of nitrogens with one attached hydrogen (secondary N) is 1. The molecule has 1 saturated heterocycles. The molecule has 2 aromatic carbocycles. The van der Waals surface area contributed by atoms with Crippen LogP contribution >= 0.6 is 27.7 Å². The monoisotopic (exact) mass is 459 g/mol. The molecule has 0 unspecified atom stereocenters. The maximum atomic E-state index is 12.7. The molecule has 1 heterocycles. The van der Waals surface area contributed by atoms with Crippen LogP contribution in [-0.4, -0.2) is 33.7 Å². The van der Waals surface area contributed by atoms with E-state index in [1.54, 1.807) is 4.90 Å². The Labute approximate surface area is 177 Å². The van der Waals surface area contributed by atoms with Crippen LogP contribution in [0, 0.1) is 13.8 Å². The third-order valence-electron chi connectivity index (χ3n) is 4.58. The summed E-state index contributed by atoms with van der Waals surface area (Å²) >= 11 is 4.71. The molecule has 1 atom stereocenters. The summed E-state index contributed by atoms with van der Waals surface area (Å²) in [5.41, 5.74) is 3.81. The molecule has 7 heteroatoms. The van der Waals surface area contributed by atoms with Crippen LogP contribution in [0.2, 0.25) is 0 Å². The van der Waals surface area contributed by atoms with Crippen molar-refractivity contribution < 1.29 is 9.59 Å². The number of aliphatic imine (C=N–C) groups is 1. The molecule has 0 aromatic heterocycles. The third-order valence-corrected chi connectivity index (χ3v) is 6.29. The summed E-state index contributed by atoms with van der Waals surface area (Å²) in [6.07, 6.45) is 0.160. The lowest BCUT2D eigenvalue weighted by Gasteiger charge is -2.31. The second-order valence-electron chi connectivity index (χ2n) is 6.61. The Kier molecular flexibility index (Phi) is 6.57. The second kappa shape index (κ2) is 8.92. The number of carbonyl (C=O) groups is 2. The van der Waals surface area contributed by atoms with Crippen LogP contribution in [0.3, 0.4) is 0 Å². The summed E-state index contributed by atoms with van der Waals surface area (Å²) in [6.45, 7) is 6.52. The number of anilines is 1. The fraction of sp³-hybridized carbons (Fsp3) is 0.286. The molecular weight excluding hydrogens is 438 g/mol. The zero-order valence-electron chi connectivity index (χ0n) is 16.0. The molecule has 1 aliphatic rings. The van der Waals surface area contributed by atoms with Crippen molar-refractivity contribution in [2.24, 2.45) is 4.99 Å². The molecule has 0 spiro atoms. The Balaban J connectivity index is 1.82. The van der Waals surface area contributed by atoms with E-state index in [0.717, 1.165) is 15.7 Å². The van der Waals surface area contributed by atoms with Crippen LogP contribution in [0.15, 0.2) is 51.9 Å². The van der Waals surface area contributed by atoms with E-state index in [2.05, 4.69) is 26.2 Å². The van der Waals surface area contributed by atoms with Crippen molar-refractivity contribution in [3.8, 4) is 0 Å². The summed E-state index contributed by atoms with van der Waals surface area (Å²) in [7, 11) is 0. The largest absolute Gasteiger partial charge is 0.325 e. The number of rotatable bonds is 4. The predicted octanol–water partition coefficient (Wildman–Crippen LogP) is 5.05. The number of nitrogens with zero attached hydrogens (tertiary/aromatic N) is 2. The maximum Gasteiger partial charge on any atom is 0.238 e.